The fourth-order valence-corrected chi connectivity index (χ4v) is 2.02. The van der Waals surface area contributed by atoms with E-state index in [0.717, 1.165) is 25.8 Å². The molecule has 0 saturated carbocycles. The molecule has 1 aliphatic heterocycles. The van der Waals surface area contributed by atoms with Gasteiger partial charge in [-0.2, -0.15) is 0 Å². The number of hydrogen-bond donors (Lipinski definition) is 1. The Morgan fingerprint density at radius 3 is 2.86 bits per heavy atom. The number of ether oxygens (including phenoxy) is 1. The van der Waals surface area contributed by atoms with E-state index in [-0.39, 0.29) is 18.1 Å². The molecular weight excluding hydrogens is 178 g/mol. The van der Waals surface area contributed by atoms with Crippen molar-refractivity contribution in [3.63, 3.8) is 0 Å². The van der Waals surface area contributed by atoms with Gasteiger partial charge in [-0.1, -0.05) is 20.3 Å². The molecule has 1 N–H and O–H groups in total. The Bertz CT molecular complexity index is 194. The van der Waals surface area contributed by atoms with E-state index in [1.54, 1.807) is 7.11 Å². The number of carbonyl (C=O) groups excluding carboxylic acids is 1. The van der Waals surface area contributed by atoms with Gasteiger partial charge in [0.05, 0.1) is 12.1 Å². The fourth-order valence-electron chi connectivity index (χ4n) is 2.02. The summed E-state index contributed by atoms with van der Waals surface area (Å²) in [5.74, 6) is 0.541. The number of rotatable bonds is 5. The van der Waals surface area contributed by atoms with E-state index in [1.807, 2.05) is 6.92 Å². The summed E-state index contributed by atoms with van der Waals surface area (Å²) in [5, 5.41) is 3.22. The maximum Gasteiger partial charge on any atom is 0.152 e. The smallest absolute Gasteiger partial charge is 0.152 e. The van der Waals surface area contributed by atoms with Gasteiger partial charge in [0.1, 0.15) is 0 Å². The van der Waals surface area contributed by atoms with E-state index in [9.17, 15) is 4.79 Å². The fraction of sp³-hybridized carbons (Fsp3) is 0.909. The lowest BCUT2D eigenvalue weighted by molar-refractivity contribution is -0.124. The van der Waals surface area contributed by atoms with Crippen LogP contribution in [0.3, 0.4) is 0 Å². The summed E-state index contributed by atoms with van der Waals surface area (Å²) in [6.07, 6.45) is 3.13. The van der Waals surface area contributed by atoms with Crippen molar-refractivity contribution in [3.8, 4) is 0 Å². The average Bonchev–Trinajstić information content (AvgIpc) is 2.65. The van der Waals surface area contributed by atoms with Crippen LogP contribution in [0.4, 0.5) is 0 Å². The predicted octanol–water partition coefficient (Wildman–Crippen LogP) is 1.37. The van der Waals surface area contributed by atoms with Gasteiger partial charge in [0, 0.05) is 19.6 Å². The van der Waals surface area contributed by atoms with E-state index in [4.69, 9.17) is 4.74 Å². The Morgan fingerprint density at radius 1 is 1.64 bits per heavy atom. The molecule has 0 spiro atoms. The molecule has 0 aromatic rings. The molecule has 1 saturated heterocycles. The first kappa shape index (κ1) is 11.7. The minimum absolute atomic E-state index is 0.0292. The van der Waals surface area contributed by atoms with Gasteiger partial charge in [0.2, 0.25) is 0 Å². The molecule has 3 unspecified atom stereocenters. The molecule has 3 heteroatoms. The Kier molecular flexibility index (Phi) is 4.55. The van der Waals surface area contributed by atoms with Gasteiger partial charge in [-0.25, -0.2) is 0 Å². The lowest BCUT2D eigenvalue weighted by Gasteiger charge is -2.14. The standard InChI is InChI=1S/C11H21NO2/c1-4-5-8(2)11(13)10-6-9(14-3)7-12-10/h8-10,12H,4-7H2,1-3H3. The van der Waals surface area contributed by atoms with Gasteiger partial charge in [0.25, 0.3) is 0 Å². The molecule has 0 aromatic heterocycles. The van der Waals surface area contributed by atoms with Crippen LogP contribution in [-0.4, -0.2) is 31.6 Å². The van der Waals surface area contributed by atoms with E-state index in [2.05, 4.69) is 12.2 Å². The molecule has 1 heterocycles. The zero-order chi connectivity index (χ0) is 10.6. The third kappa shape index (κ3) is 2.79. The molecule has 0 radical (unpaired) electrons. The summed E-state index contributed by atoms with van der Waals surface area (Å²) in [6, 6.07) is 0.0292. The van der Waals surface area contributed by atoms with Crippen LogP contribution in [0.5, 0.6) is 0 Å². The summed E-state index contributed by atoms with van der Waals surface area (Å²) in [6.45, 7) is 4.95. The van der Waals surface area contributed by atoms with Crippen molar-refractivity contribution in [2.45, 2.75) is 45.3 Å². The van der Waals surface area contributed by atoms with Gasteiger partial charge >= 0.3 is 0 Å². The summed E-state index contributed by atoms with van der Waals surface area (Å²) in [7, 11) is 1.70. The number of Topliss-reactive ketones (excluding diaryl/α,β-unsaturated/α-hetero) is 1. The van der Waals surface area contributed by atoms with Crippen LogP contribution in [0.25, 0.3) is 0 Å². The molecule has 1 rings (SSSR count). The highest BCUT2D eigenvalue weighted by Crippen LogP contribution is 2.16. The van der Waals surface area contributed by atoms with Gasteiger partial charge in [-0.05, 0) is 12.8 Å². The molecule has 0 bridgehead atoms. The van der Waals surface area contributed by atoms with Crippen LogP contribution in [0, 0.1) is 5.92 Å². The maximum atomic E-state index is 11.9. The monoisotopic (exact) mass is 199 g/mol. The molecular formula is C11H21NO2. The highest BCUT2D eigenvalue weighted by molar-refractivity contribution is 5.86. The molecule has 0 aliphatic carbocycles. The average molecular weight is 199 g/mol. The second-order valence-corrected chi connectivity index (χ2v) is 4.15. The predicted molar refractivity (Wildman–Crippen MR) is 56.3 cm³/mol. The van der Waals surface area contributed by atoms with Gasteiger partial charge in [-0.3, -0.25) is 4.79 Å². The maximum absolute atomic E-state index is 11.9. The molecule has 0 aromatic carbocycles. The van der Waals surface area contributed by atoms with Crippen LogP contribution in [0.1, 0.15) is 33.1 Å². The Morgan fingerprint density at radius 2 is 2.36 bits per heavy atom. The van der Waals surface area contributed by atoms with Gasteiger partial charge in [0.15, 0.2) is 5.78 Å². The molecule has 1 aliphatic rings. The SMILES string of the molecule is CCCC(C)C(=O)C1CC(OC)CN1. The normalized spacial score (nSPS) is 29.1. The zero-order valence-corrected chi connectivity index (χ0v) is 9.38. The highest BCUT2D eigenvalue weighted by Gasteiger charge is 2.31. The van der Waals surface area contributed by atoms with E-state index in [1.165, 1.54) is 0 Å². The quantitative estimate of drug-likeness (QED) is 0.726. The van der Waals surface area contributed by atoms with Crippen molar-refractivity contribution in [1.82, 2.24) is 5.32 Å². The molecule has 1 fully saturated rings. The van der Waals surface area contributed by atoms with E-state index < -0.39 is 0 Å². The van der Waals surface area contributed by atoms with Crippen LogP contribution in [0.15, 0.2) is 0 Å². The van der Waals surface area contributed by atoms with Crippen LogP contribution in [0.2, 0.25) is 0 Å². The third-order valence-electron chi connectivity index (χ3n) is 2.97. The number of ketones is 1. The summed E-state index contributed by atoms with van der Waals surface area (Å²) >= 11 is 0. The van der Waals surface area contributed by atoms with Crippen molar-refractivity contribution in [3.05, 3.63) is 0 Å². The Hall–Kier alpha value is -0.410. The van der Waals surface area contributed by atoms with Crippen molar-refractivity contribution < 1.29 is 9.53 Å². The second-order valence-electron chi connectivity index (χ2n) is 4.15. The number of nitrogens with one attached hydrogen (secondary N) is 1. The van der Waals surface area contributed by atoms with Crippen molar-refractivity contribution in [2.24, 2.45) is 5.92 Å². The lowest BCUT2D eigenvalue weighted by atomic mass is 9.94. The summed E-state index contributed by atoms with van der Waals surface area (Å²) in [5.41, 5.74) is 0. The zero-order valence-electron chi connectivity index (χ0n) is 9.38. The minimum Gasteiger partial charge on any atom is -0.380 e. The van der Waals surface area contributed by atoms with E-state index in [0.29, 0.717) is 5.78 Å². The number of carbonyl (C=O) groups is 1. The first-order valence-corrected chi connectivity index (χ1v) is 5.49. The Labute approximate surface area is 86.2 Å². The van der Waals surface area contributed by atoms with Crippen LogP contribution < -0.4 is 5.32 Å². The molecule has 82 valence electrons. The largest absolute Gasteiger partial charge is 0.380 e. The summed E-state index contributed by atoms with van der Waals surface area (Å²) in [4.78, 5) is 11.9. The summed E-state index contributed by atoms with van der Waals surface area (Å²) < 4.78 is 5.22. The van der Waals surface area contributed by atoms with Crippen LogP contribution >= 0.6 is 0 Å². The Balaban J connectivity index is 2.38. The second kappa shape index (κ2) is 5.47. The van der Waals surface area contributed by atoms with Crippen molar-refractivity contribution in [2.75, 3.05) is 13.7 Å². The van der Waals surface area contributed by atoms with E-state index >= 15 is 0 Å². The number of methoxy groups -OCH3 is 1. The molecule has 3 nitrogen and oxygen atoms in total. The van der Waals surface area contributed by atoms with Gasteiger partial charge < -0.3 is 10.1 Å². The first-order chi connectivity index (χ1) is 6.69. The van der Waals surface area contributed by atoms with Crippen LogP contribution in [-0.2, 0) is 9.53 Å². The van der Waals surface area contributed by atoms with Crippen molar-refractivity contribution in [1.29, 1.82) is 0 Å². The highest BCUT2D eigenvalue weighted by atomic mass is 16.5. The minimum atomic E-state index is 0.0292. The first-order valence-electron chi connectivity index (χ1n) is 5.49. The van der Waals surface area contributed by atoms with Crippen molar-refractivity contribution >= 4 is 5.78 Å². The molecule has 3 atom stereocenters. The third-order valence-corrected chi connectivity index (χ3v) is 2.97. The topological polar surface area (TPSA) is 38.3 Å². The van der Waals surface area contributed by atoms with Gasteiger partial charge in [-0.15, -0.1) is 0 Å². The molecule has 0 amide bonds. The number of hydrogen-bond acceptors (Lipinski definition) is 3. The molecule has 14 heavy (non-hydrogen) atoms. The lowest BCUT2D eigenvalue weighted by Crippen LogP contribution is -2.34.